The summed E-state index contributed by atoms with van der Waals surface area (Å²) in [6, 6.07) is 5.67. The maximum absolute atomic E-state index is 8.82. The molecule has 2 rings (SSSR count). The fraction of sp³-hybridized carbons (Fsp3) is 0.364. The van der Waals surface area contributed by atoms with Crippen molar-refractivity contribution in [2.45, 2.75) is 19.9 Å². The van der Waals surface area contributed by atoms with Gasteiger partial charge in [0.05, 0.1) is 11.0 Å². The van der Waals surface area contributed by atoms with Crippen molar-refractivity contribution >= 4 is 22.6 Å². The predicted octanol–water partition coefficient (Wildman–Crippen LogP) is 2.38. The van der Waals surface area contributed by atoms with Gasteiger partial charge in [0, 0.05) is 18.2 Å². The predicted molar refractivity (Wildman–Crippen MR) is 61.2 cm³/mol. The van der Waals surface area contributed by atoms with Gasteiger partial charge in [0.1, 0.15) is 5.82 Å². The van der Waals surface area contributed by atoms with Crippen LogP contribution in [-0.2, 0) is 6.54 Å². The zero-order chi connectivity index (χ0) is 10.8. The fourth-order valence-corrected chi connectivity index (χ4v) is 1.89. The van der Waals surface area contributed by atoms with Crippen LogP contribution in [0.15, 0.2) is 18.2 Å². The van der Waals surface area contributed by atoms with Crippen molar-refractivity contribution in [3.8, 4) is 0 Å². The normalized spacial score (nSPS) is 11.1. The van der Waals surface area contributed by atoms with E-state index in [0.29, 0.717) is 5.02 Å². The lowest BCUT2D eigenvalue weighted by Gasteiger charge is -2.04. The molecule has 0 atom stereocenters. The maximum Gasteiger partial charge on any atom is 0.106 e. The van der Waals surface area contributed by atoms with Crippen LogP contribution in [0.5, 0.6) is 0 Å². The first-order valence-electron chi connectivity index (χ1n) is 4.95. The Bertz CT molecular complexity index is 479. The minimum atomic E-state index is 0.194. The van der Waals surface area contributed by atoms with Gasteiger partial charge in [-0.25, -0.2) is 4.98 Å². The molecule has 15 heavy (non-hydrogen) atoms. The highest BCUT2D eigenvalue weighted by molar-refractivity contribution is 6.31. The summed E-state index contributed by atoms with van der Waals surface area (Å²) in [4.78, 5) is 4.43. The standard InChI is InChI=1S/C11H13ClN2O/c1-8-13-10-4-3-9(12)7-11(10)14(8)5-2-6-15/h3-4,7,15H,2,5-6H2,1H3. The van der Waals surface area contributed by atoms with E-state index in [1.807, 2.05) is 25.1 Å². The summed E-state index contributed by atoms with van der Waals surface area (Å²) < 4.78 is 2.08. The van der Waals surface area contributed by atoms with Crippen molar-refractivity contribution in [1.82, 2.24) is 9.55 Å². The van der Waals surface area contributed by atoms with E-state index in [4.69, 9.17) is 16.7 Å². The van der Waals surface area contributed by atoms with Crippen molar-refractivity contribution in [3.63, 3.8) is 0 Å². The quantitative estimate of drug-likeness (QED) is 0.870. The number of aliphatic hydroxyl groups excluding tert-OH is 1. The van der Waals surface area contributed by atoms with E-state index in [0.717, 1.165) is 29.8 Å². The van der Waals surface area contributed by atoms with E-state index in [1.165, 1.54) is 0 Å². The highest BCUT2D eigenvalue weighted by atomic mass is 35.5. The number of fused-ring (bicyclic) bond motifs is 1. The van der Waals surface area contributed by atoms with E-state index in [2.05, 4.69) is 9.55 Å². The second kappa shape index (κ2) is 4.21. The molecule has 0 radical (unpaired) electrons. The lowest BCUT2D eigenvalue weighted by Crippen LogP contribution is -2.02. The molecule has 0 bridgehead atoms. The van der Waals surface area contributed by atoms with Gasteiger partial charge in [0.15, 0.2) is 0 Å². The number of hydrogen-bond acceptors (Lipinski definition) is 2. The Labute approximate surface area is 93.3 Å². The van der Waals surface area contributed by atoms with Crippen LogP contribution < -0.4 is 0 Å². The number of hydrogen-bond donors (Lipinski definition) is 1. The summed E-state index contributed by atoms with van der Waals surface area (Å²) in [5, 5.41) is 9.54. The first kappa shape index (κ1) is 10.5. The van der Waals surface area contributed by atoms with Crippen LogP contribution in [0.25, 0.3) is 11.0 Å². The second-order valence-electron chi connectivity index (χ2n) is 3.52. The van der Waals surface area contributed by atoms with Crippen molar-refractivity contribution in [3.05, 3.63) is 29.0 Å². The number of imidazole rings is 1. The number of aromatic nitrogens is 2. The second-order valence-corrected chi connectivity index (χ2v) is 3.96. The SMILES string of the molecule is Cc1nc2ccc(Cl)cc2n1CCCO. The largest absolute Gasteiger partial charge is 0.396 e. The van der Waals surface area contributed by atoms with Gasteiger partial charge in [-0.15, -0.1) is 0 Å². The van der Waals surface area contributed by atoms with E-state index in [-0.39, 0.29) is 6.61 Å². The Morgan fingerprint density at radius 2 is 2.27 bits per heavy atom. The average molecular weight is 225 g/mol. The molecular weight excluding hydrogens is 212 g/mol. The number of benzene rings is 1. The van der Waals surface area contributed by atoms with Gasteiger partial charge in [-0.05, 0) is 31.5 Å². The van der Waals surface area contributed by atoms with E-state index in [1.54, 1.807) is 0 Å². The van der Waals surface area contributed by atoms with Crippen LogP contribution in [-0.4, -0.2) is 21.3 Å². The topological polar surface area (TPSA) is 38.0 Å². The number of rotatable bonds is 3. The lowest BCUT2D eigenvalue weighted by molar-refractivity contribution is 0.280. The van der Waals surface area contributed by atoms with Crippen LogP contribution in [0.3, 0.4) is 0 Å². The van der Waals surface area contributed by atoms with Crippen LogP contribution in [0.2, 0.25) is 5.02 Å². The summed E-state index contributed by atoms with van der Waals surface area (Å²) >= 11 is 5.94. The number of aliphatic hydroxyl groups is 1. The Morgan fingerprint density at radius 3 is 3.00 bits per heavy atom. The van der Waals surface area contributed by atoms with Crippen LogP contribution >= 0.6 is 11.6 Å². The van der Waals surface area contributed by atoms with Crippen molar-refractivity contribution in [2.24, 2.45) is 0 Å². The highest BCUT2D eigenvalue weighted by Gasteiger charge is 2.06. The van der Waals surface area contributed by atoms with Crippen molar-refractivity contribution in [1.29, 1.82) is 0 Å². The van der Waals surface area contributed by atoms with E-state index < -0.39 is 0 Å². The van der Waals surface area contributed by atoms with Gasteiger partial charge >= 0.3 is 0 Å². The molecule has 0 saturated heterocycles. The van der Waals surface area contributed by atoms with Crippen LogP contribution in [0.1, 0.15) is 12.2 Å². The van der Waals surface area contributed by atoms with Gasteiger partial charge in [-0.2, -0.15) is 0 Å². The van der Waals surface area contributed by atoms with Crippen LogP contribution in [0, 0.1) is 6.92 Å². The first-order chi connectivity index (χ1) is 7.22. The molecule has 4 heteroatoms. The Hall–Kier alpha value is -1.06. The molecule has 0 spiro atoms. The molecule has 0 aliphatic heterocycles. The van der Waals surface area contributed by atoms with Gasteiger partial charge < -0.3 is 9.67 Å². The fourth-order valence-electron chi connectivity index (χ4n) is 1.73. The zero-order valence-electron chi connectivity index (χ0n) is 8.57. The Morgan fingerprint density at radius 1 is 1.47 bits per heavy atom. The molecule has 2 aromatic rings. The molecule has 1 N–H and O–H groups in total. The molecule has 0 fully saturated rings. The Balaban J connectivity index is 2.50. The molecule has 0 amide bonds. The van der Waals surface area contributed by atoms with Crippen molar-refractivity contribution in [2.75, 3.05) is 6.61 Å². The summed E-state index contributed by atoms with van der Waals surface area (Å²) in [5.74, 6) is 0.959. The first-order valence-corrected chi connectivity index (χ1v) is 5.33. The highest BCUT2D eigenvalue weighted by Crippen LogP contribution is 2.20. The minimum absolute atomic E-state index is 0.194. The number of nitrogens with zero attached hydrogens (tertiary/aromatic N) is 2. The van der Waals surface area contributed by atoms with Crippen LogP contribution in [0.4, 0.5) is 0 Å². The molecule has 80 valence electrons. The van der Waals surface area contributed by atoms with Crippen molar-refractivity contribution < 1.29 is 5.11 Å². The van der Waals surface area contributed by atoms with E-state index in [9.17, 15) is 0 Å². The van der Waals surface area contributed by atoms with Gasteiger partial charge in [0.25, 0.3) is 0 Å². The summed E-state index contributed by atoms with van der Waals surface area (Å²) in [6.45, 7) is 2.93. The molecule has 0 aliphatic rings. The smallest absolute Gasteiger partial charge is 0.106 e. The molecular formula is C11H13ClN2O. The zero-order valence-corrected chi connectivity index (χ0v) is 9.33. The van der Waals surface area contributed by atoms with E-state index >= 15 is 0 Å². The Kier molecular flexibility index (Phi) is 2.93. The molecule has 1 aromatic heterocycles. The lowest BCUT2D eigenvalue weighted by atomic mass is 10.3. The molecule has 3 nitrogen and oxygen atoms in total. The molecule has 0 unspecified atom stereocenters. The molecule has 1 aromatic carbocycles. The third-order valence-electron chi connectivity index (χ3n) is 2.44. The number of halogens is 1. The van der Waals surface area contributed by atoms with Gasteiger partial charge in [-0.1, -0.05) is 11.6 Å². The van der Waals surface area contributed by atoms with Gasteiger partial charge in [0.2, 0.25) is 0 Å². The average Bonchev–Trinajstić information content (AvgIpc) is 2.51. The third kappa shape index (κ3) is 1.98. The van der Waals surface area contributed by atoms with Gasteiger partial charge in [-0.3, -0.25) is 0 Å². The third-order valence-corrected chi connectivity index (χ3v) is 2.68. The monoisotopic (exact) mass is 224 g/mol. The molecule has 0 aliphatic carbocycles. The minimum Gasteiger partial charge on any atom is -0.396 e. The maximum atomic E-state index is 8.82. The molecule has 0 saturated carbocycles. The number of aryl methyl sites for hydroxylation is 2. The summed E-state index contributed by atoms with van der Waals surface area (Å²) in [7, 11) is 0. The summed E-state index contributed by atoms with van der Waals surface area (Å²) in [6.07, 6.45) is 0.735. The summed E-state index contributed by atoms with van der Waals surface area (Å²) in [5.41, 5.74) is 1.99. The molecule has 1 heterocycles.